The van der Waals surface area contributed by atoms with Crippen LogP contribution in [0.5, 0.6) is 11.5 Å². The normalized spacial score (nSPS) is 9.88. The van der Waals surface area contributed by atoms with E-state index in [1.54, 1.807) is 14.2 Å². The number of benzene rings is 1. The SMILES string of the molecule is COc1ccc(CNCC(N)=O)cc1OC. The molecule has 5 heteroatoms. The van der Waals surface area contributed by atoms with E-state index in [9.17, 15) is 4.79 Å². The predicted molar refractivity (Wildman–Crippen MR) is 60.4 cm³/mol. The van der Waals surface area contributed by atoms with Crippen molar-refractivity contribution in [1.29, 1.82) is 0 Å². The molecule has 0 unspecified atom stereocenters. The minimum atomic E-state index is -0.375. The van der Waals surface area contributed by atoms with Crippen LogP contribution in [0.1, 0.15) is 5.56 Å². The van der Waals surface area contributed by atoms with Crippen molar-refractivity contribution < 1.29 is 14.3 Å². The van der Waals surface area contributed by atoms with E-state index in [0.717, 1.165) is 5.56 Å². The second-order valence-corrected chi connectivity index (χ2v) is 3.26. The van der Waals surface area contributed by atoms with Crippen molar-refractivity contribution in [3.8, 4) is 11.5 Å². The molecule has 0 aliphatic rings. The number of rotatable bonds is 6. The zero-order valence-corrected chi connectivity index (χ0v) is 9.45. The number of ether oxygens (including phenoxy) is 2. The number of amides is 1. The van der Waals surface area contributed by atoms with Crippen LogP contribution in [0.15, 0.2) is 18.2 Å². The number of nitrogens with one attached hydrogen (secondary N) is 1. The summed E-state index contributed by atoms with van der Waals surface area (Å²) >= 11 is 0. The second kappa shape index (κ2) is 5.97. The fourth-order valence-electron chi connectivity index (χ4n) is 1.32. The summed E-state index contributed by atoms with van der Waals surface area (Å²) in [4.78, 5) is 10.5. The van der Waals surface area contributed by atoms with E-state index in [4.69, 9.17) is 15.2 Å². The Morgan fingerprint density at radius 3 is 2.56 bits per heavy atom. The van der Waals surface area contributed by atoms with Gasteiger partial charge in [0.2, 0.25) is 5.91 Å². The summed E-state index contributed by atoms with van der Waals surface area (Å²) in [6.45, 7) is 0.720. The van der Waals surface area contributed by atoms with Crippen LogP contribution in [0, 0.1) is 0 Å². The van der Waals surface area contributed by atoms with E-state index in [0.29, 0.717) is 18.0 Å². The molecule has 3 N–H and O–H groups in total. The van der Waals surface area contributed by atoms with E-state index >= 15 is 0 Å². The Kier molecular flexibility index (Phi) is 4.60. The molecule has 0 aromatic heterocycles. The topological polar surface area (TPSA) is 73.6 Å². The summed E-state index contributed by atoms with van der Waals surface area (Å²) in [6, 6.07) is 5.57. The Labute approximate surface area is 94.5 Å². The Balaban J connectivity index is 2.64. The lowest BCUT2D eigenvalue weighted by Crippen LogP contribution is -2.28. The van der Waals surface area contributed by atoms with Crippen molar-refractivity contribution in [3.63, 3.8) is 0 Å². The van der Waals surface area contributed by atoms with Crippen LogP contribution >= 0.6 is 0 Å². The van der Waals surface area contributed by atoms with Gasteiger partial charge in [-0.2, -0.15) is 0 Å². The fraction of sp³-hybridized carbons (Fsp3) is 0.364. The molecule has 0 spiro atoms. The molecule has 1 aromatic rings. The van der Waals surface area contributed by atoms with Crippen LogP contribution in [0.3, 0.4) is 0 Å². The molecule has 0 aliphatic heterocycles. The molecule has 0 aliphatic carbocycles. The van der Waals surface area contributed by atoms with Crippen LogP contribution < -0.4 is 20.5 Å². The zero-order chi connectivity index (χ0) is 12.0. The molecule has 88 valence electrons. The molecule has 5 nitrogen and oxygen atoms in total. The van der Waals surface area contributed by atoms with E-state index in [1.807, 2.05) is 18.2 Å². The number of carbonyl (C=O) groups is 1. The number of carbonyl (C=O) groups excluding carboxylic acids is 1. The Bertz CT molecular complexity index is 366. The molecule has 1 amide bonds. The second-order valence-electron chi connectivity index (χ2n) is 3.26. The van der Waals surface area contributed by atoms with Gasteiger partial charge in [0.15, 0.2) is 11.5 Å². The fourth-order valence-corrected chi connectivity index (χ4v) is 1.32. The average Bonchev–Trinajstić information content (AvgIpc) is 2.28. The molecule has 0 saturated carbocycles. The molecule has 1 rings (SSSR count). The standard InChI is InChI=1S/C11H16N2O3/c1-15-9-4-3-8(5-10(9)16-2)6-13-7-11(12)14/h3-5,13H,6-7H2,1-2H3,(H2,12,14). The van der Waals surface area contributed by atoms with Crippen molar-refractivity contribution in [1.82, 2.24) is 5.32 Å². The third-order valence-corrected chi connectivity index (χ3v) is 2.08. The van der Waals surface area contributed by atoms with Crippen molar-refractivity contribution in [2.75, 3.05) is 20.8 Å². The average molecular weight is 224 g/mol. The van der Waals surface area contributed by atoms with Crippen LogP contribution in [0.4, 0.5) is 0 Å². The lowest BCUT2D eigenvalue weighted by atomic mass is 10.2. The molecule has 0 bridgehead atoms. The first-order valence-corrected chi connectivity index (χ1v) is 4.87. The zero-order valence-electron chi connectivity index (χ0n) is 9.45. The molecule has 0 radical (unpaired) electrons. The molecule has 0 fully saturated rings. The minimum Gasteiger partial charge on any atom is -0.493 e. The first-order chi connectivity index (χ1) is 7.67. The smallest absolute Gasteiger partial charge is 0.231 e. The number of nitrogens with two attached hydrogens (primary N) is 1. The van der Waals surface area contributed by atoms with Crippen molar-refractivity contribution in [2.45, 2.75) is 6.54 Å². The Hall–Kier alpha value is -1.75. The molecule has 0 atom stereocenters. The van der Waals surface area contributed by atoms with Gasteiger partial charge in [0.25, 0.3) is 0 Å². The first kappa shape index (κ1) is 12.3. The van der Waals surface area contributed by atoms with Crippen molar-refractivity contribution in [2.24, 2.45) is 5.73 Å². The van der Waals surface area contributed by atoms with Crippen molar-refractivity contribution >= 4 is 5.91 Å². The van der Waals surface area contributed by atoms with Gasteiger partial charge in [-0.1, -0.05) is 6.07 Å². The first-order valence-electron chi connectivity index (χ1n) is 4.87. The minimum absolute atomic E-state index is 0.161. The summed E-state index contributed by atoms with van der Waals surface area (Å²) in [5.74, 6) is 0.975. The summed E-state index contributed by atoms with van der Waals surface area (Å²) in [6.07, 6.45) is 0. The Morgan fingerprint density at radius 1 is 1.31 bits per heavy atom. The summed E-state index contributed by atoms with van der Waals surface area (Å²) < 4.78 is 10.3. The van der Waals surface area contributed by atoms with Gasteiger partial charge in [0, 0.05) is 6.54 Å². The van der Waals surface area contributed by atoms with E-state index < -0.39 is 0 Å². The lowest BCUT2D eigenvalue weighted by molar-refractivity contribution is -0.117. The number of primary amides is 1. The van der Waals surface area contributed by atoms with E-state index in [1.165, 1.54) is 0 Å². The molecular formula is C11H16N2O3. The molecular weight excluding hydrogens is 208 g/mol. The van der Waals surface area contributed by atoms with Gasteiger partial charge in [-0.25, -0.2) is 0 Å². The van der Waals surface area contributed by atoms with Gasteiger partial charge in [-0.3, -0.25) is 4.79 Å². The molecule has 16 heavy (non-hydrogen) atoms. The van der Waals surface area contributed by atoms with E-state index in [-0.39, 0.29) is 12.5 Å². The number of methoxy groups -OCH3 is 2. The summed E-state index contributed by atoms with van der Waals surface area (Å²) in [5, 5.41) is 2.92. The quantitative estimate of drug-likeness (QED) is 0.728. The van der Waals surface area contributed by atoms with Crippen molar-refractivity contribution in [3.05, 3.63) is 23.8 Å². The summed E-state index contributed by atoms with van der Waals surface area (Å²) in [7, 11) is 3.17. The van der Waals surface area contributed by atoms with Gasteiger partial charge in [0.1, 0.15) is 0 Å². The highest BCUT2D eigenvalue weighted by atomic mass is 16.5. The molecule has 0 heterocycles. The van der Waals surface area contributed by atoms with Crippen LogP contribution in [0.2, 0.25) is 0 Å². The Morgan fingerprint density at radius 2 is 2.00 bits per heavy atom. The highest BCUT2D eigenvalue weighted by Crippen LogP contribution is 2.27. The monoisotopic (exact) mass is 224 g/mol. The van der Waals surface area contributed by atoms with Crippen LogP contribution in [-0.4, -0.2) is 26.7 Å². The van der Waals surface area contributed by atoms with Crippen LogP contribution in [-0.2, 0) is 11.3 Å². The molecule has 0 saturated heterocycles. The highest BCUT2D eigenvalue weighted by Gasteiger charge is 2.04. The highest BCUT2D eigenvalue weighted by molar-refractivity contribution is 5.75. The number of hydrogen-bond acceptors (Lipinski definition) is 4. The largest absolute Gasteiger partial charge is 0.493 e. The molecule has 1 aromatic carbocycles. The van der Waals surface area contributed by atoms with Gasteiger partial charge < -0.3 is 20.5 Å². The summed E-state index contributed by atoms with van der Waals surface area (Å²) in [5.41, 5.74) is 6.01. The third kappa shape index (κ3) is 3.43. The van der Waals surface area contributed by atoms with Gasteiger partial charge in [-0.05, 0) is 17.7 Å². The number of hydrogen-bond donors (Lipinski definition) is 2. The predicted octanol–water partition coefficient (Wildman–Crippen LogP) is 0.279. The van der Waals surface area contributed by atoms with Gasteiger partial charge in [-0.15, -0.1) is 0 Å². The van der Waals surface area contributed by atoms with Gasteiger partial charge in [0.05, 0.1) is 20.8 Å². The maximum atomic E-state index is 10.5. The van der Waals surface area contributed by atoms with E-state index in [2.05, 4.69) is 5.32 Å². The maximum absolute atomic E-state index is 10.5. The lowest BCUT2D eigenvalue weighted by Gasteiger charge is -2.09. The maximum Gasteiger partial charge on any atom is 0.231 e. The van der Waals surface area contributed by atoms with Crippen LogP contribution in [0.25, 0.3) is 0 Å². The third-order valence-electron chi connectivity index (χ3n) is 2.08. The van der Waals surface area contributed by atoms with Gasteiger partial charge >= 0.3 is 0 Å².